The zero-order valence-electron chi connectivity index (χ0n) is 10.0. The molecule has 2 aromatic rings. The second-order valence-electron chi connectivity index (χ2n) is 3.71. The number of hydrogen-bond acceptors (Lipinski definition) is 4. The zero-order valence-corrected chi connectivity index (χ0v) is 10.8. The Bertz CT molecular complexity index is 580. The number of hydrogen-bond donors (Lipinski definition) is 1. The lowest BCUT2D eigenvalue weighted by Crippen LogP contribution is -2.06. The lowest BCUT2D eigenvalue weighted by Gasteiger charge is -2.03. The van der Waals surface area contributed by atoms with Crippen molar-refractivity contribution in [3.63, 3.8) is 0 Å². The number of halogens is 1. The third-order valence-electron chi connectivity index (χ3n) is 2.46. The Morgan fingerprint density at radius 2 is 2.22 bits per heavy atom. The van der Waals surface area contributed by atoms with Crippen LogP contribution in [0, 0.1) is 6.92 Å². The maximum atomic E-state index is 11.7. The van der Waals surface area contributed by atoms with E-state index in [2.05, 4.69) is 15.4 Å². The number of ether oxygens (including phenoxy) is 1. The van der Waals surface area contributed by atoms with Crippen LogP contribution in [-0.2, 0) is 4.74 Å². The van der Waals surface area contributed by atoms with Gasteiger partial charge in [-0.25, -0.2) is 4.79 Å². The van der Waals surface area contributed by atoms with Crippen LogP contribution in [0.2, 0.25) is 5.02 Å². The minimum atomic E-state index is -0.502. The zero-order chi connectivity index (χ0) is 13.1. The van der Waals surface area contributed by atoms with Crippen LogP contribution in [0.25, 0.3) is 11.3 Å². The molecule has 1 aromatic carbocycles. The maximum Gasteiger partial charge on any atom is 0.361 e. The van der Waals surface area contributed by atoms with Gasteiger partial charge in [-0.3, -0.25) is 0 Å². The summed E-state index contributed by atoms with van der Waals surface area (Å²) in [7, 11) is 0. The summed E-state index contributed by atoms with van der Waals surface area (Å²) in [5, 5.41) is 10.8. The molecule has 1 aromatic heterocycles. The van der Waals surface area contributed by atoms with Crippen LogP contribution in [0.4, 0.5) is 0 Å². The number of nitrogens with one attached hydrogen (secondary N) is 1. The molecule has 0 unspecified atom stereocenters. The van der Waals surface area contributed by atoms with Gasteiger partial charge in [0, 0.05) is 10.6 Å². The number of esters is 1. The summed E-state index contributed by atoms with van der Waals surface area (Å²) in [6, 6.07) is 5.44. The van der Waals surface area contributed by atoms with Crippen molar-refractivity contribution in [2.45, 2.75) is 13.8 Å². The maximum absolute atomic E-state index is 11.7. The fourth-order valence-corrected chi connectivity index (χ4v) is 1.69. The third kappa shape index (κ3) is 2.36. The Labute approximate surface area is 109 Å². The summed E-state index contributed by atoms with van der Waals surface area (Å²) >= 11 is 6.05. The predicted octanol–water partition coefficient (Wildman–Crippen LogP) is 2.61. The van der Waals surface area contributed by atoms with Crippen molar-refractivity contribution >= 4 is 17.6 Å². The Morgan fingerprint density at radius 3 is 2.89 bits per heavy atom. The molecule has 0 spiro atoms. The highest BCUT2D eigenvalue weighted by atomic mass is 35.5. The topological polar surface area (TPSA) is 67.9 Å². The van der Waals surface area contributed by atoms with Crippen molar-refractivity contribution < 1.29 is 9.53 Å². The van der Waals surface area contributed by atoms with Gasteiger partial charge in [-0.1, -0.05) is 23.7 Å². The molecule has 0 saturated carbocycles. The normalized spacial score (nSPS) is 10.4. The highest BCUT2D eigenvalue weighted by Crippen LogP contribution is 2.25. The first-order valence-corrected chi connectivity index (χ1v) is 5.85. The molecular formula is C12H12ClN3O2. The summed E-state index contributed by atoms with van der Waals surface area (Å²) in [6.07, 6.45) is 0. The quantitative estimate of drug-likeness (QED) is 0.866. The van der Waals surface area contributed by atoms with Crippen LogP contribution in [0.15, 0.2) is 18.2 Å². The number of H-pyrrole nitrogens is 1. The van der Waals surface area contributed by atoms with Gasteiger partial charge in [0.05, 0.1) is 6.61 Å². The number of rotatable bonds is 3. The van der Waals surface area contributed by atoms with E-state index in [1.807, 2.05) is 19.1 Å². The number of nitrogens with zero attached hydrogens (tertiary/aromatic N) is 2. The molecule has 0 atom stereocenters. The lowest BCUT2D eigenvalue weighted by molar-refractivity contribution is 0.0520. The van der Waals surface area contributed by atoms with Crippen molar-refractivity contribution in [3.05, 3.63) is 34.5 Å². The molecule has 0 aliphatic rings. The van der Waals surface area contributed by atoms with Crippen LogP contribution in [0.1, 0.15) is 23.0 Å². The fraction of sp³-hybridized carbons (Fsp3) is 0.250. The summed E-state index contributed by atoms with van der Waals surface area (Å²) < 4.78 is 4.91. The van der Waals surface area contributed by atoms with Crippen molar-refractivity contribution in [1.29, 1.82) is 0 Å². The number of benzene rings is 1. The predicted molar refractivity (Wildman–Crippen MR) is 67.5 cm³/mol. The molecular weight excluding hydrogens is 254 g/mol. The van der Waals surface area contributed by atoms with E-state index >= 15 is 0 Å². The molecule has 0 aliphatic heterocycles. The molecule has 94 valence electrons. The van der Waals surface area contributed by atoms with Gasteiger partial charge in [0.25, 0.3) is 0 Å². The van der Waals surface area contributed by atoms with Crippen molar-refractivity contribution in [2.24, 2.45) is 0 Å². The number of aromatic nitrogens is 3. The van der Waals surface area contributed by atoms with Crippen LogP contribution < -0.4 is 0 Å². The van der Waals surface area contributed by atoms with Gasteiger partial charge in [-0.05, 0) is 25.5 Å². The summed E-state index contributed by atoms with van der Waals surface area (Å²) in [5.41, 5.74) is 2.29. The molecule has 2 rings (SSSR count). The summed E-state index contributed by atoms with van der Waals surface area (Å²) in [4.78, 5) is 11.7. The molecule has 0 fully saturated rings. The minimum absolute atomic E-state index is 0.164. The Hall–Kier alpha value is -1.88. The first-order valence-electron chi connectivity index (χ1n) is 5.48. The molecule has 0 bridgehead atoms. The largest absolute Gasteiger partial charge is 0.461 e. The van der Waals surface area contributed by atoms with E-state index in [1.54, 1.807) is 13.0 Å². The molecule has 0 amide bonds. The van der Waals surface area contributed by atoms with Crippen LogP contribution in [0.3, 0.4) is 0 Å². The van der Waals surface area contributed by atoms with Gasteiger partial charge >= 0.3 is 5.97 Å². The number of aryl methyl sites for hydroxylation is 1. The van der Waals surface area contributed by atoms with E-state index < -0.39 is 5.97 Å². The van der Waals surface area contributed by atoms with Gasteiger partial charge in [-0.15, -0.1) is 5.10 Å². The van der Waals surface area contributed by atoms with E-state index in [4.69, 9.17) is 16.3 Å². The second kappa shape index (κ2) is 5.18. The van der Waals surface area contributed by atoms with E-state index in [0.717, 1.165) is 11.1 Å². The first kappa shape index (κ1) is 12.6. The van der Waals surface area contributed by atoms with E-state index in [0.29, 0.717) is 17.3 Å². The van der Waals surface area contributed by atoms with E-state index in [9.17, 15) is 4.79 Å². The molecule has 18 heavy (non-hydrogen) atoms. The smallest absolute Gasteiger partial charge is 0.361 e. The molecule has 0 radical (unpaired) electrons. The van der Waals surface area contributed by atoms with Gasteiger partial charge < -0.3 is 4.74 Å². The molecule has 1 heterocycles. The monoisotopic (exact) mass is 265 g/mol. The van der Waals surface area contributed by atoms with Gasteiger partial charge in [-0.2, -0.15) is 10.3 Å². The number of carbonyl (C=O) groups excluding carboxylic acids is 1. The van der Waals surface area contributed by atoms with Gasteiger partial charge in [0.2, 0.25) is 0 Å². The standard InChI is InChI=1S/C12H12ClN3O2/c1-3-18-12(17)11-10(14-16-15-11)8-5-4-7(2)9(13)6-8/h4-6H,3H2,1-2H3,(H,14,15,16). The van der Waals surface area contributed by atoms with E-state index in [-0.39, 0.29) is 5.69 Å². The number of carbonyl (C=O) groups is 1. The molecule has 0 aliphatic carbocycles. The van der Waals surface area contributed by atoms with Crippen molar-refractivity contribution in [3.8, 4) is 11.3 Å². The highest BCUT2D eigenvalue weighted by Gasteiger charge is 2.19. The average Bonchev–Trinajstić information content (AvgIpc) is 2.82. The Morgan fingerprint density at radius 1 is 1.44 bits per heavy atom. The highest BCUT2D eigenvalue weighted by molar-refractivity contribution is 6.31. The summed E-state index contributed by atoms with van der Waals surface area (Å²) in [6.45, 7) is 3.93. The Balaban J connectivity index is 2.42. The van der Waals surface area contributed by atoms with Crippen molar-refractivity contribution in [1.82, 2.24) is 15.4 Å². The van der Waals surface area contributed by atoms with Crippen LogP contribution in [0.5, 0.6) is 0 Å². The Kier molecular flexibility index (Phi) is 3.62. The summed E-state index contributed by atoms with van der Waals surface area (Å²) in [5.74, 6) is -0.502. The lowest BCUT2D eigenvalue weighted by atomic mass is 10.1. The molecule has 1 N–H and O–H groups in total. The second-order valence-corrected chi connectivity index (χ2v) is 4.11. The molecule has 0 saturated heterocycles. The minimum Gasteiger partial charge on any atom is -0.461 e. The molecule has 5 nitrogen and oxygen atoms in total. The molecule has 6 heteroatoms. The van der Waals surface area contributed by atoms with Crippen LogP contribution >= 0.6 is 11.6 Å². The third-order valence-corrected chi connectivity index (χ3v) is 2.87. The van der Waals surface area contributed by atoms with Crippen LogP contribution in [-0.4, -0.2) is 28.0 Å². The number of aromatic amines is 1. The van der Waals surface area contributed by atoms with Gasteiger partial charge in [0.15, 0.2) is 5.69 Å². The first-order chi connectivity index (χ1) is 8.63. The van der Waals surface area contributed by atoms with Crippen molar-refractivity contribution in [2.75, 3.05) is 6.61 Å². The van der Waals surface area contributed by atoms with Gasteiger partial charge in [0.1, 0.15) is 5.69 Å². The SMILES string of the molecule is CCOC(=O)c1n[nH]nc1-c1ccc(C)c(Cl)c1. The van der Waals surface area contributed by atoms with E-state index in [1.165, 1.54) is 0 Å². The fourth-order valence-electron chi connectivity index (χ4n) is 1.51. The average molecular weight is 266 g/mol.